The maximum Gasteiger partial charge on any atom is 0.128 e. The number of aliphatic hydroxyl groups excluding tert-OH is 1. The molecule has 5 nitrogen and oxygen atoms in total. The van der Waals surface area contributed by atoms with Crippen molar-refractivity contribution in [1.82, 2.24) is 10.2 Å². The van der Waals surface area contributed by atoms with E-state index in [2.05, 4.69) is 21.6 Å². The third-order valence-electron chi connectivity index (χ3n) is 4.45. The number of fused-ring (bicyclic) bond motifs is 3. The summed E-state index contributed by atoms with van der Waals surface area (Å²) in [6, 6.07) is 14.7. The van der Waals surface area contributed by atoms with Gasteiger partial charge >= 0.3 is 0 Å². The van der Waals surface area contributed by atoms with E-state index >= 15 is 0 Å². The van der Waals surface area contributed by atoms with Crippen molar-refractivity contribution in [2.24, 2.45) is 0 Å². The first-order chi connectivity index (χ1) is 12.8. The summed E-state index contributed by atoms with van der Waals surface area (Å²) in [6.45, 7) is 0.966. The van der Waals surface area contributed by atoms with Gasteiger partial charge in [0.15, 0.2) is 0 Å². The van der Waals surface area contributed by atoms with Crippen molar-refractivity contribution >= 4 is 16.6 Å². The molecule has 1 aliphatic heterocycles. The second-order valence-corrected chi connectivity index (χ2v) is 6.15. The fourth-order valence-corrected chi connectivity index (χ4v) is 3.13. The van der Waals surface area contributed by atoms with Crippen LogP contribution in [0.2, 0.25) is 0 Å². The number of nitrogens with one attached hydrogen (secondary N) is 3. The Hall–Kier alpha value is -2.99. The molecule has 6 heteroatoms. The van der Waals surface area contributed by atoms with Crippen molar-refractivity contribution in [3.63, 3.8) is 0 Å². The maximum atomic E-state index is 13.8. The molecule has 1 aliphatic carbocycles. The van der Waals surface area contributed by atoms with Crippen LogP contribution in [0, 0.1) is 5.82 Å². The van der Waals surface area contributed by atoms with Crippen LogP contribution in [0.1, 0.15) is 12.0 Å². The number of anilines is 1. The van der Waals surface area contributed by atoms with Gasteiger partial charge in [0.1, 0.15) is 17.4 Å². The first-order valence-corrected chi connectivity index (χ1v) is 8.60. The molecule has 4 N–H and O–H groups in total. The third kappa shape index (κ3) is 2.99. The van der Waals surface area contributed by atoms with Gasteiger partial charge in [-0.3, -0.25) is 10.2 Å². The standard InChI is InChI=1S/C20H20FN3O2/c21-17-7-2-1-5-13(17)12-22-20-16-11-15-14(19(16)23-24-20)6-3-8-18(15)26-10-4-9-25/h1-3,5-8,11,22-25H,4,9-10,12H2. The van der Waals surface area contributed by atoms with Gasteiger partial charge in [0.25, 0.3) is 0 Å². The Morgan fingerprint density at radius 1 is 1.04 bits per heavy atom. The SMILES string of the molecule is OCCCOc1cccc2c3[nH][nH]c(NCc4ccccc4F)c-3cc12. The van der Waals surface area contributed by atoms with Gasteiger partial charge in [-0.25, -0.2) is 4.39 Å². The summed E-state index contributed by atoms with van der Waals surface area (Å²) in [5, 5.41) is 20.5. The molecule has 0 spiro atoms. The van der Waals surface area contributed by atoms with Crippen molar-refractivity contribution in [1.29, 1.82) is 0 Å². The molecule has 0 saturated heterocycles. The molecule has 26 heavy (non-hydrogen) atoms. The number of aromatic amines is 2. The first-order valence-electron chi connectivity index (χ1n) is 8.60. The van der Waals surface area contributed by atoms with Gasteiger partial charge in [-0.2, -0.15) is 0 Å². The number of ether oxygens (including phenoxy) is 1. The number of aliphatic hydroxyl groups is 1. The monoisotopic (exact) mass is 353 g/mol. The highest BCUT2D eigenvalue weighted by Crippen LogP contribution is 2.41. The number of benzene rings is 2. The summed E-state index contributed by atoms with van der Waals surface area (Å²) in [4.78, 5) is 0. The van der Waals surface area contributed by atoms with Crippen molar-refractivity contribution in [2.45, 2.75) is 13.0 Å². The number of rotatable bonds is 7. The van der Waals surface area contributed by atoms with Crippen LogP contribution in [0.5, 0.6) is 5.75 Å². The lowest BCUT2D eigenvalue weighted by Gasteiger charge is -2.06. The Morgan fingerprint density at radius 2 is 1.92 bits per heavy atom. The zero-order chi connectivity index (χ0) is 17.9. The Balaban J connectivity index is 1.61. The van der Waals surface area contributed by atoms with E-state index in [1.54, 1.807) is 12.1 Å². The highest BCUT2D eigenvalue weighted by atomic mass is 19.1. The highest BCUT2D eigenvalue weighted by Gasteiger charge is 2.19. The molecule has 0 radical (unpaired) electrons. The molecule has 134 valence electrons. The normalized spacial score (nSPS) is 11.3. The van der Waals surface area contributed by atoms with E-state index < -0.39 is 0 Å². The van der Waals surface area contributed by atoms with Gasteiger partial charge in [-0.1, -0.05) is 30.3 Å². The summed E-state index contributed by atoms with van der Waals surface area (Å²) in [5.74, 6) is 1.38. The lowest BCUT2D eigenvalue weighted by Crippen LogP contribution is -2.02. The molecular weight excluding hydrogens is 333 g/mol. The van der Waals surface area contributed by atoms with Crippen molar-refractivity contribution in [3.8, 4) is 17.0 Å². The predicted molar refractivity (Wildman–Crippen MR) is 100 cm³/mol. The van der Waals surface area contributed by atoms with Crippen LogP contribution in [-0.4, -0.2) is 28.5 Å². The van der Waals surface area contributed by atoms with Crippen LogP contribution in [0.4, 0.5) is 10.2 Å². The Morgan fingerprint density at radius 3 is 2.77 bits per heavy atom. The molecule has 0 fully saturated rings. The Labute approximate surface area is 150 Å². The van der Waals surface area contributed by atoms with Crippen LogP contribution in [0.3, 0.4) is 0 Å². The zero-order valence-corrected chi connectivity index (χ0v) is 14.2. The van der Waals surface area contributed by atoms with E-state index in [-0.39, 0.29) is 12.4 Å². The van der Waals surface area contributed by atoms with E-state index in [1.807, 2.05) is 24.3 Å². The van der Waals surface area contributed by atoms with E-state index in [4.69, 9.17) is 9.84 Å². The van der Waals surface area contributed by atoms with Crippen molar-refractivity contribution < 1.29 is 14.2 Å². The molecule has 2 aliphatic rings. The summed E-state index contributed by atoms with van der Waals surface area (Å²) in [7, 11) is 0. The van der Waals surface area contributed by atoms with Crippen LogP contribution < -0.4 is 10.1 Å². The summed E-state index contributed by atoms with van der Waals surface area (Å²) < 4.78 is 19.6. The molecule has 0 amide bonds. The Kier molecular flexibility index (Phi) is 4.50. The summed E-state index contributed by atoms with van der Waals surface area (Å²) in [5.41, 5.74) is 2.58. The molecule has 0 atom stereocenters. The van der Waals surface area contributed by atoms with Gasteiger partial charge in [0.2, 0.25) is 0 Å². The lowest BCUT2D eigenvalue weighted by atomic mass is 10.2. The van der Waals surface area contributed by atoms with E-state index in [0.717, 1.165) is 33.6 Å². The smallest absolute Gasteiger partial charge is 0.128 e. The average Bonchev–Trinajstić information content (AvgIpc) is 3.21. The summed E-state index contributed by atoms with van der Waals surface area (Å²) >= 11 is 0. The third-order valence-corrected chi connectivity index (χ3v) is 4.45. The van der Waals surface area contributed by atoms with Gasteiger partial charge in [-0.05, 0) is 18.2 Å². The van der Waals surface area contributed by atoms with Crippen LogP contribution in [0.25, 0.3) is 22.0 Å². The fraction of sp³-hybridized carbons (Fsp3) is 0.200. The second-order valence-electron chi connectivity index (χ2n) is 6.15. The molecule has 4 rings (SSSR count). The maximum absolute atomic E-state index is 13.8. The number of aromatic nitrogens is 2. The largest absolute Gasteiger partial charge is 0.493 e. The Bertz CT molecular complexity index is 992. The summed E-state index contributed by atoms with van der Waals surface area (Å²) in [6.07, 6.45) is 0.595. The van der Waals surface area contributed by atoms with Crippen LogP contribution >= 0.6 is 0 Å². The minimum absolute atomic E-state index is 0.108. The van der Waals surface area contributed by atoms with Crippen molar-refractivity contribution in [3.05, 3.63) is 59.9 Å². The van der Waals surface area contributed by atoms with Crippen LogP contribution in [0.15, 0.2) is 48.5 Å². The lowest BCUT2D eigenvalue weighted by molar-refractivity contribution is 0.235. The minimum atomic E-state index is -0.223. The molecule has 2 aromatic carbocycles. The highest BCUT2D eigenvalue weighted by molar-refractivity contribution is 6.06. The molecule has 0 unspecified atom stereocenters. The molecule has 0 bridgehead atoms. The molecule has 2 aromatic rings. The van der Waals surface area contributed by atoms with Crippen LogP contribution in [-0.2, 0) is 6.54 Å². The van der Waals surface area contributed by atoms with E-state index in [1.165, 1.54) is 6.07 Å². The molecular formula is C20H20FN3O2. The predicted octanol–water partition coefficient (Wildman–Crippen LogP) is 4.11. The first kappa shape index (κ1) is 16.5. The quantitative estimate of drug-likeness (QED) is 0.378. The zero-order valence-electron chi connectivity index (χ0n) is 14.2. The topological polar surface area (TPSA) is 73.1 Å². The number of hydrogen-bond donors (Lipinski definition) is 4. The van der Waals surface area contributed by atoms with Gasteiger partial charge < -0.3 is 15.2 Å². The van der Waals surface area contributed by atoms with Gasteiger partial charge in [-0.15, -0.1) is 0 Å². The molecule has 0 aromatic heterocycles. The number of H-pyrrole nitrogens is 2. The molecule has 1 heterocycles. The molecule has 0 saturated carbocycles. The van der Waals surface area contributed by atoms with E-state index in [0.29, 0.717) is 25.1 Å². The number of hydrogen-bond acceptors (Lipinski definition) is 3. The minimum Gasteiger partial charge on any atom is -0.493 e. The average molecular weight is 353 g/mol. The van der Waals surface area contributed by atoms with Crippen molar-refractivity contribution in [2.75, 3.05) is 18.5 Å². The number of halogens is 1. The van der Waals surface area contributed by atoms with Gasteiger partial charge in [0.05, 0.1) is 12.3 Å². The van der Waals surface area contributed by atoms with E-state index in [9.17, 15) is 4.39 Å². The van der Waals surface area contributed by atoms with Gasteiger partial charge in [0, 0.05) is 41.5 Å². The second kappa shape index (κ2) is 7.09. The fourth-order valence-electron chi connectivity index (χ4n) is 3.13.